The molecule has 0 aliphatic carbocycles. The van der Waals surface area contributed by atoms with Crippen molar-refractivity contribution in [1.29, 1.82) is 0 Å². The Morgan fingerprint density at radius 1 is 0.679 bits per heavy atom. The maximum atomic E-state index is 13.5. The second-order valence-electron chi connectivity index (χ2n) is 15.6. The van der Waals surface area contributed by atoms with E-state index in [0.29, 0.717) is 51.7 Å². The highest BCUT2D eigenvalue weighted by atomic mass is 32.3. The molecule has 0 saturated heterocycles. The second-order valence-corrected chi connectivity index (χ2v) is 18.7. The molecule has 294 valence electrons. The summed E-state index contributed by atoms with van der Waals surface area (Å²) in [6.45, 7) is 17.4. The Morgan fingerprint density at radius 3 is 1.82 bits per heavy atom. The van der Waals surface area contributed by atoms with Gasteiger partial charge < -0.3 is 4.74 Å². The molecule has 5 aromatic rings. The van der Waals surface area contributed by atoms with E-state index < -0.39 is 26.5 Å². The molecule has 6 rings (SSSR count). The standard InChI is InChI=1S/C46H48F3NO4S2/c1-27(2)33-14-11-15-34(28(3)4)40(33)23-31-19-21-37-42(25-31)54-43-26-32(24-41-35(29(5)6)16-12-17-36(41)30(7)8)20-22-38(43)45(37)39-13-9-10-18-44(39)55(51)50-56(52,53)46(47,48)49/h9-23,25-30,50H,24H2,1-8H3/b31-23+. The summed E-state index contributed by atoms with van der Waals surface area (Å²) in [5, 5.41) is 1.51. The summed E-state index contributed by atoms with van der Waals surface area (Å²) in [5.41, 5.74) is 4.26. The van der Waals surface area contributed by atoms with E-state index >= 15 is 0 Å². The van der Waals surface area contributed by atoms with E-state index in [1.54, 1.807) is 12.1 Å². The van der Waals surface area contributed by atoms with Crippen molar-refractivity contribution in [2.45, 2.75) is 95.9 Å². The Bertz CT molecular complexity index is 2500. The molecule has 0 fully saturated rings. The first-order valence-corrected chi connectivity index (χ1v) is 21.5. The van der Waals surface area contributed by atoms with Crippen LogP contribution in [0.2, 0.25) is 0 Å². The third kappa shape index (κ3) is 8.29. The Morgan fingerprint density at radius 2 is 1.25 bits per heavy atom. The summed E-state index contributed by atoms with van der Waals surface area (Å²) >= 11 is 0. The Balaban J connectivity index is 1.58. The zero-order valence-electron chi connectivity index (χ0n) is 32.9. The Labute approximate surface area is 331 Å². The molecule has 1 heterocycles. The molecule has 0 radical (unpaired) electrons. The number of rotatable bonds is 11. The van der Waals surface area contributed by atoms with Crippen LogP contribution in [0.3, 0.4) is 0 Å². The van der Waals surface area contributed by atoms with Crippen LogP contribution in [0.15, 0.2) is 102 Å². The van der Waals surface area contributed by atoms with Gasteiger partial charge in [-0.15, -0.1) is 4.13 Å². The summed E-state index contributed by atoms with van der Waals surface area (Å²) in [7, 11) is -8.69. The van der Waals surface area contributed by atoms with Gasteiger partial charge in [0.15, 0.2) is 0 Å². The quantitative estimate of drug-likeness (QED) is 0.142. The van der Waals surface area contributed by atoms with Crippen LogP contribution in [0.1, 0.15) is 129 Å². The summed E-state index contributed by atoms with van der Waals surface area (Å²) in [5.74, 6) is 2.21. The Hall–Kier alpha value is -4.51. The summed E-state index contributed by atoms with van der Waals surface area (Å²) < 4.78 is 86.1. The summed E-state index contributed by atoms with van der Waals surface area (Å²) in [4.78, 5) is -0.117. The third-order valence-corrected chi connectivity index (χ3v) is 13.1. The molecular weight excluding hydrogens is 752 g/mol. The van der Waals surface area contributed by atoms with Crippen molar-refractivity contribution in [3.8, 4) is 11.5 Å². The average molecular weight is 800 g/mol. The maximum absolute atomic E-state index is 13.5. The van der Waals surface area contributed by atoms with Gasteiger partial charge in [-0.25, -0.2) is 12.6 Å². The van der Waals surface area contributed by atoms with Gasteiger partial charge in [0.2, 0.25) is 0 Å². The predicted molar refractivity (Wildman–Crippen MR) is 220 cm³/mol. The van der Waals surface area contributed by atoms with Crippen molar-refractivity contribution in [3.63, 3.8) is 0 Å². The van der Waals surface area contributed by atoms with Gasteiger partial charge in [-0.3, -0.25) is 0 Å². The number of alkyl halides is 3. The van der Waals surface area contributed by atoms with Crippen molar-refractivity contribution in [2.24, 2.45) is 0 Å². The van der Waals surface area contributed by atoms with E-state index in [1.165, 1.54) is 44.1 Å². The van der Waals surface area contributed by atoms with E-state index in [4.69, 9.17) is 4.74 Å². The van der Waals surface area contributed by atoms with Gasteiger partial charge in [0.05, 0.1) is 4.90 Å². The van der Waals surface area contributed by atoms with Gasteiger partial charge >= 0.3 is 15.5 Å². The fraction of sp³-hybridized carbons (Fsp3) is 0.304. The van der Waals surface area contributed by atoms with Crippen molar-refractivity contribution < 1.29 is 30.5 Å². The van der Waals surface area contributed by atoms with Crippen molar-refractivity contribution >= 4 is 32.7 Å². The van der Waals surface area contributed by atoms with E-state index in [2.05, 4.69) is 97.9 Å². The fourth-order valence-corrected chi connectivity index (χ4v) is 9.63. The molecule has 1 unspecified atom stereocenters. The van der Waals surface area contributed by atoms with Gasteiger partial charge in [-0.1, -0.05) is 128 Å². The van der Waals surface area contributed by atoms with Crippen LogP contribution in [0.4, 0.5) is 13.2 Å². The summed E-state index contributed by atoms with van der Waals surface area (Å²) in [6.07, 6.45) is 2.81. The lowest BCUT2D eigenvalue weighted by molar-refractivity contribution is -0.0440. The molecule has 5 nitrogen and oxygen atoms in total. The van der Waals surface area contributed by atoms with Crippen molar-refractivity contribution in [1.82, 2.24) is 4.13 Å². The molecule has 10 heteroatoms. The minimum atomic E-state index is -5.91. The number of fused-ring (bicyclic) bond motifs is 2. The van der Waals surface area contributed by atoms with E-state index in [-0.39, 0.29) is 16.7 Å². The molecule has 0 amide bonds. The first-order chi connectivity index (χ1) is 26.4. The van der Waals surface area contributed by atoms with E-state index in [9.17, 15) is 25.8 Å². The predicted octanol–water partition coefficient (Wildman–Crippen LogP) is 10.4. The molecule has 0 aromatic heterocycles. The van der Waals surface area contributed by atoms with Crippen molar-refractivity contribution in [2.75, 3.05) is 0 Å². The topological polar surface area (TPSA) is 72.5 Å². The van der Waals surface area contributed by atoms with Crippen LogP contribution in [-0.2, 0) is 27.4 Å². The highest BCUT2D eigenvalue weighted by molar-refractivity contribution is 8.02. The Kier molecular flexibility index (Phi) is 11.9. The first kappa shape index (κ1) is 41.1. The number of hydrogen-bond acceptors (Lipinski definition) is 4. The molecule has 1 aliphatic heterocycles. The molecule has 0 saturated carbocycles. The number of sulfonamides is 1. The van der Waals surface area contributed by atoms with E-state index in [0.717, 1.165) is 16.3 Å². The van der Waals surface area contributed by atoms with Crippen LogP contribution in [0, 0.1) is 0 Å². The third-order valence-electron chi connectivity index (χ3n) is 10.3. The molecule has 56 heavy (non-hydrogen) atoms. The monoisotopic (exact) mass is 799 g/mol. The number of ether oxygens (including phenoxy) is 1. The van der Waals surface area contributed by atoms with Crippen molar-refractivity contribution in [3.05, 3.63) is 158 Å². The first-order valence-electron chi connectivity index (χ1n) is 18.9. The van der Waals surface area contributed by atoms with Crippen LogP contribution < -0.4 is 19.3 Å². The average Bonchev–Trinajstić information content (AvgIpc) is 3.12. The largest absolute Gasteiger partial charge is 0.512 e. The molecule has 1 N–H and O–H groups in total. The highest BCUT2D eigenvalue weighted by Gasteiger charge is 2.47. The molecule has 1 aliphatic rings. The lowest BCUT2D eigenvalue weighted by atomic mass is 9.85. The molecular formula is C46H48F3NO4S2. The lowest BCUT2D eigenvalue weighted by Gasteiger charge is -2.24. The molecule has 1 atom stereocenters. The molecule has 0 spiro atoms. The SMILES string of the molecule is CC(C)c1cccc(C(C)C)c1/C=c1\ccc2c(c1)Oc1cc(Cc3c(C(C)C)cccc3C(C)C)ccc1C=2c1ccccc1S(=O)NS(=O)(=O)C(F)(F)F. The fourth-order valence-electron chi connectivity index (χ4n) is 7.52. The van der Waals surface area contributed by atoms with Gasteiger partial charge in [-0.2, -0.15) is 13.2 Å². The molecule has 5 aromatic carbocycles. The summed E-state index contributed by atoms with van der Waals surface area (Å²) in [6, 6.07) is 30.8. The zero-order chi connectivity index (χ0) is 40.7. The molecule has 0 bridgehead atoms. The number of halogens is 3. The lowest BCUT2D eigenvalue weighted by Crippen LogP contribution is -2.37. The zero-order valence-corrected chi connectivity index (χ0v) is 34.5. The van der Waals surface area contributed by atoms with Crippen LogP contribution in [0.5, 0.6) is 11.5 Å². The number of nitrogens with one attached hydrogen (secondary N) is 1. The smallest absolute Gasteiger partial charge is 0.456 e. The van der Waals surface area contributed by atoms with Gasteiger partial charge in [0, 0.05) is 21.9 Å². The van der Waals surface area contributed by atoms with Gasteiger partial charge in [-0.05, 0) is 105 Å². The van der Waals surface area contributed by atoms with Crippen LogP contribution in [0.25, 0.3) is 11.6 Å². The van der Waals surface area contributed by atoms with Crippen LogP contribution >= 0.6 is 0 Å². The number of benzene rings is 5. The van der Waals surface area contributed by atoms with Crippen LogP contribution in [-0.4, -0.2) is 18.1 Å². The highest BCUT2D eigenvalue weighted by Crippen LogP contribution is 2.40. The maximum Gasteiger partial charge on any atom is 0.512 e. The number of hydrogen-bond donors (Lipinski definition) is 1. The van der Waals surface area contributed by atoms with Gasteiger partial charge in [0.1, 0.15) is 22.5 Å². The normalized spacial score (nSPS) is 14.1. The van der Waals surface area contributed by atoms with E-state index in [1.807, 2.05) is 36.4 Å². The van der Waals surface area contributed by atoms with Gasteiger partial charge in [0.25, 0.3) is 0 Å². The minimum Gasteiger partial charge on any atom is -0.456 e. The minimum absolute atomic E-state index is 0.117. The second kappa shape index (κ2) is 16.2.